The van der Waals surface area contributed by atoms with E-state index >= 15 is 0 Å². The highest BCUT2D eigenvalue weighted by Gasteiger charge is 2.35. The van der Waals surface area contributed by atoms with Crippen molar-refractivity contribution in [1.82, 2.24) is 9.88 Å². The Morgan fingerprint density at radius 3 is 2.64 bits per heavy atom. The molecule has 0 spiro atoms. The Labute approximate surface area is 128 Å². The molecule has 1 aliphatic heterocycles. The first kappa shape index (κ1) is 16.5. The summed E-state index contributed by atoms with van der Waals surface area (Å²) in [6.45, 7) is 6.35. The molecule has 1 aromatic rings. The first-order valence-corrected chi connectivity index (χ1v) is 7.13. The van der Waals surface area contributed by atoms with Crippen molar-refractivity contribution >= 4 is 6.09 Å². The van der Waals surface area contributed by atoms with E-state index in [0.717, 1.165) is 6.42 Å². The molecule has 1 aromatic heterocycles. The fourth-order valence-electron chi connectivity index (χ4n) is 1.97. The Hall–Kier alpha value is -1.92. The highest BCUT2D eigenvalue weighted by Crippen LogP contribution is 2.23. The number of amides is 1. The largest absolute Gasteiger partial charge is 0.490 e. The van der Waals surface area contributed by atoms with E-state index in [4.69, 9.17) is 9.47 Å². The Morgan fingerprint density at radius 2 is 2.18 bits per heavy atom. The van der Waals surface area contributed by atoms with Crippen LogP contribution >= 0.6 is 0 Å². The third-order valence-corrected chi connectivity index (χ3v) is 3.20. The lowest BCUT2D eigenvalue weighted by Gasteiger charge is -2.40. The highest BCUT2D eigenvalue weighted by atomic mass is 19.3. The van der Waals surface area contributed by atoms with Gasteiger partial charge in [0.25, 0.3) is 6.43 Å². The second-order valence-corrected chi connectivity index (χ2v) is 6.15. The molecule has 2 rings (SSSR count). The smallest absolute Gasteiger partial charge is 0.410 e. The number of hydrogen-bond donors (Lipinski definition) is 0. The molecule has 1 amide bonds. The summed E-state index contributed by atoms with van der Waals surface area (Å²) in [4.78, 5) is 17.2. The molecule has 0 unspecified atom stereocenters. The number of nitrogens with zero attached hydrogens (tertiary/aromatic N) is 2. The average molecular weight is 314 g/mol. The Balaban J connectivity index is 1.83. The topological polar surface area (TPSA) is 51.7 Å². The quantitative estimate of drug-likeness (QED) is 0.854. The lowest BCUT2D eigenvalue weighted by Crippen LogP contribution is -2.55. The summed E-state index contributed by atoms with van der Waals surface area (Å²) < 4.78 is 35.6. The third kappa shape index (κ3) is 4.29. The zero-order chi connectivity index (χ0) is 16.3. The molecule has 7 heteroatoms. The SMILES string of the molecule is CC(C)(C)OC(=O)N1CC[C@H]1COc1ccc(C(F)F)nc1. The van der Waals surface area contributed by atoms with E-state index < -0.39 is 12.0 Å². The monoisotopic (exact) mass is 314 g/mol. The van der Waals surface area contributed by atoms with Gasteiger partial charge in [0.15, 0.2) is 0 Å². The molecule has 0 aromatic carbocycles. The normalized spacial score (nSPS) is 18.1. The predicted octanol–water partition coefficient (Wildman–Crippen LogP) is 3.41. The van der Waals surface area contributed by atoms with E-state index in [1.165, 1.54) is 18.3 Å². The lowest BCUT2D eigenvalue weighted by atomic mass is 10.1. The van der Waals surface area contributed by atoms with Gasteiger partial charge in [0.1, 0.15) is 23.7 Å². The van der Waals surface area contributed by atoms with Gasteiger partial charge < -0.3 is 14.4 Å². The van der Waals surface area contributed by atoms with Gasteiger partial charge in [-0.15, -0.1) is 0 Å². The molecular formula is C15H20F2N2O3. The summed E-state index contributed by atoms with van der Waals surface area (Å²) in [5.74, 6) is 0.403. The van der Waals surface area contributed by atoms with Crippen LogP contribution in [-0.4, -0.2) is 40.8 Å². The highest BCUT2D eigenvalue weighted by molar-refractivity contribution is 5.69. The van der Waals surface area contributed by atoms with Gasteiger partial charge in [-0.3, -0.25) is 4.98 Å². The molecule has 1 atom stereocenters. The van der Waals surface area contributed by atoms with E-state index in [9.17, 15) is 13.6 Å². The van der Waals surface area contributed by atoms with Crippen LogP contribution in [0.1, 0.15) is 39.3 Å². The van der Waals surface area contributed by atoms with Crippen LogP contribution in [0.15, 0.2) is 18.3 Å². The summed E-state index contributed by atoms with van der Waals surface area (Å²) in [6, 6.07) is 2.61. The summed E-state index contributed by atoms with van der Waals surface area (Å²) in [5, 5.41) is 0. The minimum Gasteiger partial charge on any atom is -0.490 e. The molecule has 0 N–H and O–H groups in total. The molecule has 5 nitrogen and oxygen atoms in total. The maximum atomic E-state index is 12.4. The third-order valence-electron chi connectivity index (χ3n) is 3.20. The molecule has 1 fully saturated rings. The maximum absolute atomic E-state index is 12.4. The Kier molecular flexibility index (Phi) is 4.83. The number of hydrogen-bond acceptors (Lipinski definition) is 4. The maximum Gasteiger partial charge on any atom is 0.410 e. The van der Waals surface area contributed by atoms with E-state index in [-0.39, 0.29) is 24.4 Å². The zero-order valence-corrected chi connectivity index (χ0v) is 12.9. The summed E-state index contributed by atoms with van der Waals surface area (Å²) in [6.07, 6.45) is -0.874. The number of pyridine rings is 1. The molecule has 2 heterocycles. The van der Waals surface area contributed by atoms with Gasteiger partial charge in [-0.25, -0.2) is 13.6 Å². The second kappa shape index (κ2) is 6.46. The Morgan fingerprint density at radius 1 is 1.45 bits per heavy atom. The summed E-state index contributed by atoms with van der Waals surface area (Å²) >= 11 is 0. The fraction of sp³-hybridized carbons (Fsp3) is 0.600. The number of alkyl halides is 2. The number of ether oxygens (including phenoxy) is 2. The standard InChI is InChI=1S/C15H20F2N2O3/c1-15(2,3)22-14(20)19-7-6-10(19)9-21-11-4-5-12(13(16)17)18-8-11/h4-5,8,10,13H,6-7,9H2,1-3H3/t10-/m0/s1. The van der Waals surface area contributed by atoms with Gasteiger partial charge >= 0.3 is 6.09 Å². The molecule has 0 aliphatic carbocycles. The molecule has 1 aliphatic rings. The van der Waals surface area contributed by atoms with Gasteiger partial charge in [-0.2, -0.15) is 0 Å². The van der Waals surface area contributed by atoms with Crippen molar-refractivity contribution in [2.75, 3.05) is 13.2 Å². The van der Waals surface area contributed by atoms with Crippen LogP contribution in [0.25, 0.3) is 0 Å². The van der Waals surface area contributed by atoms with Crippen molar-refractivity contribution in [2.24, 2.45) is 0 Å². The van der Waals surface area contributed by atoms with E-state index in [1.807, 2.05) is 20.8 Å². The molecule has 1 saturated heterocycles. The average Bonchev–Trinajstić information content (AvgIpc) is 2.35. The zero-order valence-electron chi connectivity index (χ0n) is 12.9. The molecule has 0 saturated carbocycles. The van der Waals surface area contributed by atoms with Crippen LogP contribution in [0.4, 0.5) is 13.6 Å². The van der Waals surface area contributed by atoms with Crippen LogP contribution < -0.4 is 4.74 Å². The van der Waals surface area contributed by atoms with Crippen LogP contribution in [0, 0.1) is 0 Å². The van der Waals surface area contributed by atoms with Crippen LogP contribution in [-0.2, 0) is 4.74 Å². The summed E-state index contributed by atoms with van der Waals surface area (Å²) in [5.41, 5.74) is -0.820. The van der Waals surface area contributed by atoms with Crippen molar-refractivity contribution in [3.8, 4) is 5.75 Å². The van der Waals surface area contributed by atoms with Crippen LogP contribution in [0.5, 0.6) is 5.75 Å². The number of carbonyl (C=O) groups is 1. The van der Waals surface area contributed by atoms with Crippen molar-refractivity contribution in [1.29, 1.82) is 0 Å². The minimum atomic E-state index is -2.59. The van der Waals surface area contributed by atoms with Crippen molar-refractivity contribution in [3.63, 3.8) is 0 Å². The molecule has 0 bridgehead atoms. The molecular weight excluding hydrogens is 294 g/mol. The number of aromatic nitrogens is 1. The molecule has 22 heavy (non-hydrogen) atoms. The minimum absolute atomic E-state index is 0.0652. The first-order chi connectivity index (χ1) is 10.3. The number of rotatable bonds is 4. The van der Waals surface area contributed by atoms with Gasteiger partial charge in [0.2, 0.25) is 0 Å². The lowest BCUT2D eigenvalue weighted by molar-refractivity contribution is -0.0141. The Bertz CT molecular complexity index is 515. The van der Waals surface area contributed by atoms with E-state index in [1.54, 1.807) is 4.90 Å². The fourth-order valence-corrected chi connectivity index (χ4v) is 1.97. The first-order valence-electron chi connectivity index (χ1n) is 7.13. The van der Waals surface area contributed by atoms with Crippen molar-refractivity contribution in [3.05, 3.63) is 24.0 Å². The molecule has 122 valence electrons. The summed E-state index contributed by atoms with van der Waals surface area (Å²) in [7, 11) is 0. The number of carbonyl (C=O) groups excluding carboxylic acids is 1. The predicted molar refractivity (Wildman–Crippen MR) is 76.0 cm³/mol. The van der Waals surface area contributed by atoms with Gasteiger partial charge in [0, 0.05) is 6.54 Å². The van der Waals surface area contributed by atoms with Gasteiger partial charge in [0.05, 0.1) is 12.2 Å². The number of halogens is 2. The van der Waals surface area contributed by atoms with E-state index in [0.29, 0.717) is 12.3 Å². The second-order valence-electron chi connectivity index (χ2n) is 6.15. The van der Waals surface area contributed by atoms with Gasteiger partial charge in [-0.1, -0.05) is 0 Å². The van der Waals surface area contributed by atoms with Crippen molar-refractivity contribution < 1.29 is 23.0 Å². The van der Waals surface area contributed by atoms with E-state index in [2.05, 4.69) is 4.98 Å². The van der Waals surface area contributed by atoms with Crippen LogP contribution in [0.3, 0.4) is 0 Å². The number of likely N-dealkylation sites (tertiary alicyclic amines) is 1. The van der Waals surface area contributed by atoms with Gasteiger partial charge in [-0.05, 0) is 39.3 Å². The van der Waals surface area contributed by atoms with Crippen LogP contribution in [0.2, 0.25) is 0 Å². The van der Waals surface area contributed by atoms with Crippen molar-refractivity contribution in [2.45, 2.75) is 45.3 Å². The molecule has 0 radical (unpaired) electrons.